The van der Waals surface area contributed by atoms with Gasteiger partial charge in [0.25, 0.3) is 0 Å². The molecular formula is C14H14Cl2N2O. The minimum absolute atomic E-state index is 0.00994. The molecule has 0 saturated carbocycles. The van der Waals surface area contributed by atoms with E-state index in [0.717, 1.165) is 28.2 Å². The van der Waals surface area contributed by atoms with E-state index in [1.54, 1.807) is 11.8 Å². The maximum atomic E-state index is 11.9. The summed E-state index contributed by atoms with van der Waals surface area (Å²) in [6, 6.07) is 7.97. The number of halogens is 2. The van der Waals surface area contributed by atoms with Gasteiger partial charge in [-0.25, -0.2) is 0 Å². The summed E-state index contributed by atoms with van der Waals surface area (Å²) in [5, 5.41) is 1.33. The summed E-state index contributed by atoms with van der Waals surface area (Å²) in [7, 11) is 0. The molecule has 0 spiro atoms. The van der Waals surface area contributed by atoms with Crippen molar-refractivity contribution in [2.45, 2.75) is 25.4 Å². The summed E-state index contributed by atoms with van der Waals surface area (Å²) < 4.78 is 2.23. The van der Waals surface area contributed by atoms with Gasteiger partial charge < -0.3 is 9.47 Å². The fraction of sp³-hybridized carbons (Fsp3) is 0.357. The SMILES string of the molecule is CC(Cl)C(=O)N1CCn2c(cc3c(Cl)cccc32)C1. The van der Waals surface area contributed by atoms with Crippen LogP contribution in [0.5, 0.6) is 0 Å². The zero-order valence-corrected chi connectivity index (χ0v) is 12.1. The van der Waals surface area contributed by atoms with E-state index in [2.05, 4.69) is 16.7 Å². The minimum Gasteiger partial charge on any atom is -0.341 e. The van der Waals surface area contributed by atoms with E-state index >= 15 is 0 Å². The van der Waals surface area contributed by atoms with Crippen molar-refractivity contribution < 1.29 is 4.79 Å². The Labute approximate surface area is 121 Å². The highest BCUT2D eigenvalue weighted by atomic mass is 35.5. The summed E-state index contributed by atoms with van der Waals surface area (Å²) in [5.74, 6) is -0.00994. The van der Waals surface area contributed by atoms with Crippen LogP contribution in [0.1, 0.15) is 12.6 Å². The molecule has 1 amide bonds. The van der Waals surface area contributed by atoms with Gasteiger partial charge >= 0.3 is 0 Å². The van der Waals surface area contributed by atoms with Crippen molar-refractivity contribution in [3.8, 4) is 0 Å². The molecule has 1 unspecified atom stereocenters. The molecule has 0 N–H and O–H groups in total. The molecule has 2 aromatic rings. The zero-order valence-electron chi connectivity index (χ0n) is 10.6. The van der Waals surface area contributed by atoms with Crippen LogP contribution in [-0.2, 0) is 17.9 Å². The van der Waals surface area contributed by atoms with Crippen LogP contribution in [-0.4, -0.2) is 27.3 Å². The third kappa shape index (κ3) is 2.11. The second-order valence-electron chi connectivity index (χ2n) is 4.84. The summed E-state index contributed by atoms with van der Waals surface area (Å²) in [4.78, 5) is 13.8. The molecule has 0 bridgehead atoms. The van der Waals surface area contributed by atoms with Crippen molar-refractivity contribution in [3.05, 3.63) is 35.0 Å². The van der Waals surface area contributed by atoms with Gasteiger partial charge in [0.05, 0.1) is 6.54 Å². The molecule has 0 radical (unpaired) electrons. The molecule has 1 aromatic heterocycles. The fourth-order valence-electron chi connectivity index (χ4n) is 2.63. The van der Waals surface area contributed by atoms with Gasteiger partial charge in [-0.2, -0.15) is 0 Å². The van der Waals surface area contributed by atoms with Crippen molar-refractivity contribution in [2.24, 2.45) is 0 Å². The number of hydrogen-bond donors (Lipinski definition) is 0. The molecule has 1 aliphatic heterocycles. The number of fused-ring (bicyclic) bond motifs is 3. The normalized spacial score (nSPS) is 16.5. The summed E-state index contributed by atoms with van der Waals surface area (Å²) in [6.45, 7) is 3.79. The van der Waals surface area contributed by atoms with E-state index in [1.165, 1.54) is 0 Å². The van der Waals surface area contributed by atoms with Gasteiger partial charge in [0, 0.05) is 34.7 Å². The van der Waals surface area contributed by atoms with E-state index in [0.29, 0.717) is 13.1 Å². The minimum atomic E-state index is -0.473. The first-order valence-electron chi connectivity index (χ1n) is 6.27. The van der Waals surface area contributed by atoms with Crippen molar-refractivity contribution in [3.63, 3.8) is 0 Å². The van der Waals surface area contributed by atoms with E-state index < -0.39 is 5.38 Å². The molecule has 0 aliphatic carbocycles. The molecule has 19 heavy (non-hydrogen) atoms. The number of carbonyl (C=O) groups is 1. The fourth-order valence-corrected chi connectivity index (χ4v) is 3.00. The second kappa shape index (κ2) is 4.73. The molecule has 100 valence electrons. The van der Waals surface area contributed by atoms with Crippen LogP contribution in [0, 0.1) is 0 Å². The van der Waals surface area contributed by atoms with E-state index in [-0.39, 0.29) is 5.91 Å². The molecule has 1 atom stereocenters. The number of benzene rings is 1. The maximum absolute atomic E-state index is 11.9. The second-order valence-corrected chi connectivity index (χ2v) is 5.90. The molecule has 3 nitrogen and oxygen atoms in total. The predicted octanol–water partition coefficient (Wildman–Crippen LogP) is 3.26. The lowest BCUT2D eigenvalue weighted by molar-refractivity contribution is -0.131. The van der Waals surface area contributed by atoms with Crippen LogP contribution in [0.25, 0.3) is 10.9 Å². The van der Waals surface area contributed by atoms with E-state index in [1.807, 2.05) is 12.1 Å². The van der Waals surface area contributed by atoms with Crippen LogP contribution in [0.15, 0.2) is 24.3 Å². The van der Waals surface area contributed by atoms with Gasteiger partial charge in [0.2, 0.25) is 5.91 Å². The Balaban J connectivity index is 2.00. The lowest BCUT2D eigenvalue weighted by atomic mass is 10.2. The molecular weight excluding hydrogens is 283 g/mol. The van der Waals surface area contributed by atoms with Gasteiger partial charge in [-0.3, -0.25) is 4.79 Å². The van der Waals surface area contributed by atoms with Crippen LogP contribution in [0.3, 0.4) is 0 Å². The molecule has 2 heterocycles. The van der Waals surface area contributed by atoms with Gasteiger partial charge in [0.15, 0.2) is 0 Å². The summed E-state index contributed by atoms with van der Waals surface area (Å²) in [5.41, 5.74) is 2.24. The van der Waals surface area contributed by atoms with E-state index in [9.17, 15) is 4.79 Å². The highest BCUT2D eigenvalue weighted by molar-refractivity contribution is 6.35. The Morgan fingerprint density at radius 1 is 1.37 bits per heavy atom. The third-order valence-corrected chi connectivity index (χ3v) is 4.09. The molecule has 0 fully saturated rings. The van der Waals surface area contributed by atoms with Gasteiger partial charge in [-0.1, -0.05) is 17.7 Å². The number of carbonyl (C=O) groups excluding carboxylic acids is 1. The lowest BCUT2D eigenvalue weighted by Crippen LogP contribution is -2.41. The maximum Gasteiger partial charge on any atom is 0.240 e. The van der Waals surface area contributed by atoms with Crippen molar-refractivity contribution in [2.75, 3.05) is 6.54 Å². The van der Waals surface area contributed by atoms with E-state index in [4.69, 9.17) is 23.2 Å². The molecule has 3 rings (SSSR count). The Hall–Kier alpha value is -1.19. The molecule has 1 aromatic carbocycles. The predicted molar refractivity (Wildman–Crippen MR) is 77.7 cm³/mol. The average Bonchev–Trinajstić information content (AvgIpc) is 2.77. The number of nitrogens with zero attached hydrogens (tertiary/aromatic N) is 2. The lowest BCUT2D eigenvalue weighted by Gasteiger charge is -2.29. The summed E-state index contributed by atoms with van der Waals surface area (Å²) >= 11 is 12.1. The smallest absolute Gasteiger partial charge is 0.240 e. The number of rotatable bonds is 1. The third-order valence-electron chi connectivity index (χ3n) is 3.58. The van der Waals surface area contributed by atoms with Crippen LogP contribution in [0.2, 0.25) is 5.02 Å². The number of amides is 1. The molecule has 0 saturated heterocycles. The van der Waals surface area contributed by atoms with Crippen molar-refractivity contribution >= 4 is 40.0 Å². The van der Waals surface area contributed by atoms with Crippen LogP contribution in [0.4, 0.5) is 0 Å². The topological polar surface area (TPSA) is 25.2 Å². The summed E-state index contributed by atoms with van der Waals surface area (Å²) in [6.07, 6.45) is 0. The van der Waals surface area contributed by atoms with Crippen molar-refractivity contribution in [1.29, 1.82) is 0 Å². The Bertz CT molecular complexity index is 648. The quantitative estimate of drug-likeness (QED) is 0.742. The Kier molecular flexibility index (Phi) is 3.19. The Morgan fingerprint density at radius 2 is 2.16 bits per heavy atom. The van der Waals surface area contributed by atoms with Crippen molar-refractivity contribution in [1.82, 2.24) is 9.47 Å². The molecule has 1 aliphatic rings. The Morgan fingerprint density at radius 3 is 2.89 bits per heavy atom. The highest BCUT2D eigenvalue weighted by Crippen LogP contribution is 2.29. The van der Waals surface area contributed by atoms with Gasteiger partial charge in [0.1, 0.15) is 5.38 Å². The van der Waals surface area contributed by atoms with Gasteiger partial charge in [-0.05, 0) is 25.1 Å². The monoisotopic (exact) mass is 296 g/mol. The highest BCUT2D eigenvalue weighted by Gasteiger charge is 2.24. The number of alkyl halides is 1. The number of hydrogen-bond acceptors (Lipinski definition) is 1. The zero-order chi connectivity index (χ0) is 13.6. The number of aromatic nitrogens is 1. The average molecular weight is 297 g/mol. The van der Waals surface area contributed by atoms with Gasteiger partial charge in [-0.15, -0.1) is 11.6 Å². The standard InChI is InChI=1S/C14H14Cl2N2O/c1-9(15)14(19)17-5-6-18-10(8-17)7-11-12(16)3-2-4-13(11)18/h2-4,7,9H,5-6,8H2,1H3. The van der Waals surface area contributed by atoms with Crippen LogP contribution >= 0.6 is 23.2 Å². The van der Waals surface area contributed by atoms with Crippen LogP contribution < -0.4 is 0 Å². The largest absolute Gasteiger partial charge is 0.341 e. The first-order valence-corrected chi connectivity index (χ1v) is 7.09. The first-order chi connectivity index (χ1) is 9.08. The molecule has 5 heteroatoms. The first kappa shape index (κ1) is 12.8.